The van der Waals surface area contributed by atoms with Crippen molar-refractivity contribution in [3.8, 4) is 17.2 Å². The summed E-state index contributed by atoms with van der Waals surface area (Å²) < 4.78 is 16.5. The van der Waals surface area contributed by atoms with Crippen molar-refractivity contribution in [2.24, 2.45) is 0 Å². The van der Waals surface area contributed by atoms with Gasteiger partial charge in [0.15, 0.2) is 0 Å². The zero-order valence-corrected chi connectivity index (χ0v) is 16.3. The van der Waals surface area contributed by atoms with Gasteiger partial charge >= 0.3 is 5.97 Å². The summed E-state index contributed by atoms with van der Waals surface area (Å²) in [5.41, 5.74) is 2.96. The predicted molar refractivity (Wildman–Crippen MR) is 107 cm³/mol. The molecule has 0 aliphatic carbocycles. The highest BCUT2D eigenvalue weighted by Gasteiger charge is 2.11. The number of rotatable bonds is 9. The number of oxazole rings is 1. The van der Waals surface area contributed by atoms with Crippen LogP contribution in [0.15, 0.2) is 59.0 Å². The third-order valence-electron chi connectivity index (χ3n) is 4.37. The van der Waals surface area contributed by atoms with Crippen LogP contribution >= 0.6 is 0 Å². The number of carbonyl (C=O) groups excluding carboxylic acids is 1. The summed E-state index contributed by atoms with van der Waals surface area (Å²) in [6.07, 6.45) is 1.73. The fourth-order valence-corrected chi connectivity index (χ4v) is 2.86. The Labute approximate surface area is 165 Å². The highest BCUT2D eigenvalue weighted by Crippen LogP contribution is 2.22. The second-order valence-electron chi connectivity index (χ2n) is 6.44. The largest absolute Gasteiger partial charge is 0.493 e. The molecule has 0 spiro atoms. The quantitative estimate of drug-likeness (QED) is 0.501. The monoisotopic (exact) mass is 379 g/mol. The van der Waals surface area contributed by atoms with Crippen LogP contribution in [0.1, 0.15) is 30.4 Å². The van der Waals surface area contributed by atoms with E-state index in [0.29, 0.717) is 38.4 Å². The van der Waals surface area contributed by atoms with Gasteiger partial charge in [0.1, 0.15) is 11.5 Å². The SMILES string of the molecule is CCOC(=O)CCc1ccc(OCCc2nc(-c3ccccc3)oc2C)cc1. The third kappa shape index (κ3) is 5.46. The second kappa shape index (κ2) is 9.74. The molecule has 0 N–H and O–H groups in total. The molecule has 0 aliphatic heterocycles. The lowest BCUT2D eigenvalue weighted by atomic mass is 10.1. The Morgan fingerprint density at radius 1 is 1.04 bits per heavy atom. The number of hydrogen-bond acceptors (Lipinski definition) is 5. The Kier molecular flexibility index (Phi) is 6.84. The molecule has 0 bridgehead atoms. The molecule has 1 heterocycles. The number of carbonyl (C=O) groups is 1. The minimum atomic E-state index is -0.166. The van der Waals surface area contributed by atoms with E-state index in [0.717, 1.165) is 28.3 Å². The molecule has 0 aliphatic rings. The van der Waals surface area contributed by atoms with Crippen LogP contribution in [0.4, 0.5) is 0 Å². The first-order valence-electron chi connectivity index (χ1n) is 9.55. The molecule has 146 valence electrons. The number of esters is 1. The molecule has 3 rings (SSSR count). The third-order valence-corrected chi connectivity index (χ3v) is 4.37. The average Bonchev–Trinajstić information content (AvgIpc) is 3.09. The molecule has 0 fully saturated rings. The molecule has 1 aromatic heterocycles. The zero-order chi connectivity index (χ0) is 19.8. The van der Waals surface area contributed by atoms with E-state index in [4.69, 9.17) is 13.9 Å². The first-order chi connectivity index (χ1) is 13.7. The number of aromatic nitrogens is 1. The molecule has 0 radical (unpaired) electrons. The molecule has 3 aromatic rings. The van der Waals surface area contributed by atoms with Gasteiger partial charge in [-0.1, -0.05) is 30.3 Å². The summed E-state index contributed by atoms with van der Waals surface area (Å²) in [5, 5.41) is 0. The van der Waals surface area contributed by atoms with E-state index in [-0.39, 0.29) is 5.97 Å². The topological polar surface area (TPSA) is 61.6 Å². The Hall–Kier alpha value is -3.08. The van der Waals surface area contributed by atoms with Gasteiger partial charge in [0, 0.05) is 18.4 Å². The molecule has 0 amide bonds. The van der Waals surface area contributed by atoms with Crippen molar-refractivity contribution in [3.05, 3.63) is 71.6 Å². The van der Waals surface area contributed by atoms with Gasteiger partial charge in [-0.25, -0.2) is 4.98 Å². The molecule has 0 saturated heterocycles. The molecule has 0 saturated carbocycles. The van der Waals surface area contributed by atoms with Crippen molar-refractivity contribution in [2.45, 2.75) is 33.1 Å². The molecule has 5 nitrogen and oxygen atoms in total. The number of ether oxygens (including phenoxy) is 2. The lowest BCUT2D eigenvalue weighted by Gasteiger charge is -2.07. The van der Waals surface area contributed by atoms with E-state index >= 15 is 0 Å². The molecule has 0 atom stereocenters. The lowest BCUT2D eigenvalue weighted by Crippen LogP contribution is -2.05. The van der Waals surface area contributed by atoms with Crippen molar-refractivity contribution in [1.29, 1.82) is 0 Å². The van der Waals surface area contributed by atoms with Gasteiger partial charge in [-0.05, 0) is 50.1 Å². The number of nitrogens with zero attached hydrogens (tertiary/aromatic N) is 1. The number of aryl methyl sites for hydroxylation is 2. The summed E-state index contributed by atoms with van der Waals surface area (Å²) in [6.45, 7) is 4.67. The standard InChI is InChI=1S/C23H25NO4/c1-3-26-22(25)14-11-18-9-12-20(13-10-18)27-16-15-21-17(2)28-23(24-21)19-7-5-4-6-8-19/h4-10,12-13H,3,11,14-16H2,1-2H3. The van der Waals surface area contributed by atoms with E-state index in [1.165, 1.54) is 0 Å². The van der Waals surface area contributed by atoms with E-state index < -0.39 is 0 Å². The van der Waals surface area contributed by atoms with Crippen LogP contribution in [0, 0.1) is 6.92 Å². The van der Waals surface area contributed by atoms with E-state index in [9.17, 15) is 4.79 Å². The Morgan fingerprint density at radius 2 is 1.79 bits per heavy atom. The van der Waals surface area contributed by atoms with Gasteiger partial charge in [0.05, 0.1) is 18.9 Å². The summed E-state index contributed by atoms with van der Waals surface area (Å²) in [7, 11) is 0. The van der Waals surface area contributed by atoms with Crippen LogP contribution in [-0.4, -0.2) is 24.2 Å². The molecule has 28 heavy (non-hydrogen) atoms. The second-order valence-corrected chi connectivity index (χ2v) is 6.44. The van der Waals surface area contributed by atoms with Crippen LogP contribution in [0.2, 0.25) is 0 Å². The molecular weight excluding hydrogens is 354 g/mol. The minimum Gasteiger partial charge on any atom is -0.493 e. The van der Waals surface area contributed by atoms with E-state index in [1.54, 1.807) is 0 Å². The summed E-state index contributed by atoms with van der Waals surface area (Å²) in [5.74, 6) is 2.08. The Bertz CT molecular complexity index is 885. The molecule has 2 aromatic carbocycles. The first-order valence-corrected chi connectivity index (χ1v) is 9.55. The van der Waals surface area contributed by atoms with Gasteiger partial charge in [-0.3, -0.25) is 4.79 Å². The van der Waals surface area contributed by atoms with Crippen molar-refractivity contribution in [1.82, 2.24) is 4.98 Å². The van der Waals surface area contributed by atoms with Crippen LogP contribution in [0.3, 0.4) is 0 Å². The zero-order valence-electron chi connectivity index (χ0n) is 16.3. The smallest absolute Gasteiger partial charge is 0.306 e. The normalized spacial score (nSPS) is 10.6. The molecular formula is C23H25NO4. The predicted octanol–water partition coefficient (Wildman–Crippen LogP) is 4.77. The highest BCUT2D eigenvalue weighted by atomic mass is 16.5. The summed E-state index contributed by atoms with van der Waals surface area (Å²) >= 11 is 0. The van der Waals surface area contributed by atoms with Gasteiger partial charge < -0.3 is 13.9 Å². The van der Waals surface area contributed by atoms with Crippen LogP contribution in [0.5, 0.6) is 5.75 Å². The summed E-state index contributed by atoms with van der Waals surface area (Å²) in [4.78, 5) is 16.0. The maximum atomic E-state index is 11.4. The lowest BCUT2D eigenvalue weighted by molar-refractivity contribution is -0.143. The Balaban J connectivity index is 1.49. The van der Waals surface area contributed by atoms with Crippen LogP contribution < -0.4 is 4.74 Å². The van der Waals surface area contributed by atoms with Crippen molar-refractivity contribution in [2.75, 3.05) is 13.2 Å². The maximum absolute atomic E-state index is 11.4. The fourth-order valence-electron chi connectivity index (χ4n) is 2.86. The first kappa shape index (κ1) is 19.7. The van der Waals surface area contributed by atoms with Crippen LogP contribution in [-0.2, 0) is 22.4 Å². The maximum Gasteiger partial charge on any atom is 0.306 e. The fraction of sp³-hybridized carbons (Fsp3) is 0.304. The van der Waals surface area contributed by atoms with Gasteiger partial charge in [0.2, 0.25) is 5.89 Å². The van der Waals surface area contributed by atoms with Gasteiger partial charge in [-0.2, -0.15) is 0 Å². The Morgan fingerprint density at radius 3 is 2.50 bits per heavy atom. The summed E-state index contributed by atoms with van der Waals surface area (Å²) in [6, 6.07) is 17.7. The average molecular weight is 379 g/mol. The number of hydrogen-bond donors (Lipinski definition) is 0. The van der Waals surface area contributed by atoms with Crippen molar-refractivity contribution >= 4 is 5.97 Å². The molecule has 5 heteroatoms. The number of benzene rings is 2. The van der Waals surface area contributed by atoms with Gasteiger partial charge in [0.25, 0.3) is 0 Å². The van der Waals surface area contributed by atoms with E-state index in [2.05, 4.69) is 4.98 Å². The molecule has 0 unspecified atom stereocenters. The van der Waals surface area contributed by atoms with E-state index in [1.807, 2.05) is 68.4 Å². The highest BCUT2D eigenvalue weighted by molar-refractivity contribution is 5.69. The van der Waals surface area contributed by atoms with Gasteiger partial charge in [-0.15, -0.1) is 0 Å². The minimum absolute atomic E-state index is 0.166. The van der Waals surface area contributed by atoms with Crippen LogP contribution in [0.25, 0.3) is 11.5 Å². The van der Waals surface area contributed by atoms with Crippen molar-refractivity contribution in [3.63, 3.8) is 0 Å². The van der Waals surface area contributed by atoms with Crippen molar-refractivity contribution < 1.29 is 18.7 Å².